The summed E-state index contributed by atoms with van der Waals surface area (Å²) in [5.41, 5.74) is 0.533. The zero-order chi connectivity index (χ0) is 13.8. The summed E-state index contributed by atoms with van der Waals surface area (Å²) in [5.74, 6) is 0.292. The average molecular weight is 320 g/mol. The number of alkyl halides is 1. The molecule has 6 heteroatoms. The molecule has 1 unspecified atom stereocenters. The second kappa shape index (κ2) is 6.84. The minimum absolute atomic E-state index is 0.0742. The van der Waals surface area contributed by atoms with Crippen LogP contribution in [-0.4, -0.2) is 48.7 Å². The largest absolute Gasteiger partial charge is 0.377 e. The quantitative estimate of drug-likeness (QED) is 0.633. The lowest BCUT2D eigenvalue weighted by atomic mass is 10.1. The molecule has 0 aliphatic carbocycles. The number of thioether (sulfide) groups is 1. The fourth-order valence-corrected chi connectivity index (χ4v) is 2.89. The van der Waals surface area contributed by atoms with Gasteiger partial charge in [-0.25, -0.2) is 0 Å². The molecule has 1 atom stereocenters. The fourth-order valence-electron chi connectivity index (χ4n) is 2.00. The van der Waals surface area contributed by atoms with Gasteiger partial charge in [-0.15, -0.1) is 23.4 Å². The van der Waals surface area contributed by atoms with Crippen LogP contribution < -0.4 is 0 Å². The van der Waals surface area contributed by atoms with E-state index in [1.54, 1.807) is 22.7 Å². The number of hydrogen-bond acceptors (Lipinski definition) is 3. The van der Waals surface area contributed by atoms with Gasteiger partial charge in [0.1, 0.15) is 0 Å². The summed E-state index contributed by atoms with van der Waals surface area (Å²) < 4.78 is 5.35. The molecule has 1 aromatic rings. The Morgan fingerprint density at radius 3 is 3.05 bits per heavy atom. The Hall–Kier alpha value is -0.420. The van der Waals surface area contributed by atoms with Crippen LogP contribution in [-0.2, 0) is 4.74 Å². The Bertz CT molecular complexity index is 470. The molecule has 3 nitrogen and oxygen atoms in total. The van der Waals surface area contributed by atoms with Gasteiger partial charge >= 0.3 is 0 Å². The molecule has 104 valence electrons. The van der Waals surface area contributed by atoms with E-state index in [4.69, 9.17) is 27.9 Å². The van der Waals surface area contributed by atoms with Gasteiger partial charge in [-0.05, 0) is 24.5 Å². The van der Waals surface area contributed by atoms with Gasteiger partial charge in [-0.2, -0.15) is 0 Å². The van der Waals surface area contributed by atoms with Gasteiger partial charge in [0.15, 0.2) is 0 Å². The molecule has 1 amide bonds. The van der Waals surface area contributed by atoms with Gasteiger partial charge < -0.3 is 9.64 Å². The van der Waals surface area contributed by atoms with Gasteiger partial charge in [-0.1, -0.05) is 11.6 Å². The van der Waals surface area contributed by atoms with Crippen molar-refractivity contribution in [1.29, 1.82) is 0 Å². The first-order chi connectivity index (χ1) is 9.17. The van der Waals surface area contributed by atoms with E-state index in [9.17, 15) is 4.79 Å². The third-order valence-corrected chi connectivity index (χ3v) is 4.48. The van der Waals surface area contributed by atoms with Crippen LogP contribution in [0.5, 0.6) is 0 Å². The van der Waals surface area contributed by atoms with Gasteiger partial charge in [0.2, 0.25) is 0 Å². The normalized spacial score (nSPS) is 19.5. The predicted molar refractivity (Wildman–Crippen MR) is 79.6 cm³/mol. The maximum absolute atomic E-state index is 12.6. The summed E-state index contributed by atoms with van der Waals surface area (Å²) in [6, 6.07) is 5.41. The molecule has 1 aliphatic rings. The SMILES string of the molecule is CSc1ccc(Cl)c(C(=O)N2CCOCC2CCl)c1. The van der Waals surface area contributed by atoms with E-state index >= 15 is 0 Å². The first-order valence-corrected chi connectivity index (χ1v) is 8.09. The summed E-state index contributed by atoms with van der Waals surface area (Å²) in [6.07, 6.45) is 1.97. The van der Waals surface area contributed by atoms with Crippen LogP contribution in [0.4, 0.5) is 0 Å². The van der Waals surface area contributed by atoms with Crippen molar-refractivity contribution in [2.75, 3.05) is 31.9 Å². The molecule has 0 bridgehead atoms. The molecule has 0 saturated carbocycles. The monoisotopic (exact) mass is 319 g/mol. The van der Waals surface area contributed by atoms with Crippen molar-refractivity contribution in [3.8, 4) is 0 Å². The molecule has 1 aliphatic heterocycles. The van der Waals surface area contributed by atoms with Gasteiger partial charge in [0.05, 0.1) is 29.8 Å². The van der Waals surface area contributed by atoms with Gasteiger partial charge in [0.25, 0.3) is 5.91 Å². The lowest BCUT2D eigenvalue weighted by Gasteiger charge is -2.34. The molecule has 0 radical (unpaired) electrons. The van der Waals surface area contributed by atoms with E-state index in [0.29, 0.717) is 36.2 Å². The average Bonchev–Trinajstić information content (AvgIpc) is 2.47. The van der Waals surface area contributed by atoms with E-state index in [0.717, 1.165) is 4.90 Å². The molecule has 0 aromatic heterocycles. The number of nitrogens with zero attached hydrogens (tertiary/aromatic N) is 1. The highest BCUT2D eigenvalue weighted by molar-refractivity contribution is 7.98. The van der Waals surface area contributed by atoms with Crippen LogP contribution in [0.1, 0.15) is 10.4 Å². The molecular weight excluding hydrogens is 305 g/mol. The fraction of sp³-hybridized carbons (Fsp3) is 0.462. The Morgan fingerprint density at radius 1 is 1.58 bits per heavy atom. The van der Waals surface area contributed by atoms with Gasteiger partial charge in [-0.3, -0.25) is 4.79 Å². The second-order valence-electron chi connectivity index (χ2n) is 4.23. The second-order valence-corrected chi connectivity index (χ2v) is 5.82. The van der Waals surface area contributed by atoms with Crippen molar-refractivity contribution < 1.29 is 9.53 Å². The minimum atomic E-state index is -0.0862. The van der Waals surface area contributed by atoms with Crippen LogP contribution in [0.3, 0.4) is 0 Å². The Balaban J connectivity index is 2.27. The summed E-state index contributed by atoms with van der Waals surface area (Å²) in [5, 5.41) is 0.475. The zero-order valence-electron chi connectivity index (χ0n) is 10.6. The highest BCUT2D eigenvalue weighted by Gasteiger charge is 2.28. The molecule has 19 heavy (non-hydrogen) atoms. The molecule has 1 heterocycles. The lowest BCUT2D eigenvalue weighted by Crippen LogP contribution is -2.49. The predicted octanol–water partition coefficient (Wildman–Crippen LogP) is 3.14. The number of hydrogen-bond donors (Lipinski definition) is 0. The number of carbonyl (C=O) groups excluding carboxylic acids is 1. The third kappa shape index (κ3) is 3.37. The smallest absolute Gasteiger partial charge is 0.255 e. The Labute approximate surface area is 127 Å². The van der Waals surface area contributed by atoms with Crippen LogP contribution in [0.25, 0.3) is 0 Å². The van der Waals surface area contributed by atoms with Crippen LogP contribution >= 0.6 is 35.0 Å². The molecule has 0 spiro atoms. The lowest BCUT2D eigenvalue weighted by molar-refractivity contribution is 0.00456. The maximum Gasteiger partial charge on any atom is 0.255 e. The summed E-state index contributed by atoms with van der Waals surface area (Å²) in [4.78, 5) is 15.3. The zero-order valence-corrected chi connectivity index (χ0v) is 12.9. The van der Waals surface area contributed by atoms with Crippen LogP contribution in [0, 0.1) is 0 Å². The molecule has 0 N–H and O–H groups in total. The molecule has 2 rings (SSSR count). The van der Waals surface area contributed by atoms with E-state index in [1.165, 1.54) is 0 Å². The first kappa shape index (κ1) is 15.0. The maximum atomic E-state index is 12.6. The van der Waals surface area contributed by atoms with Crippen molar-refractivity contribution in [3.05, 3.63) is 28.8 Å². The van der Waals surface area contributed by atoms with Crippen molar-refractivity contribution in [3.63, 3.8) is 0 Å². The number of ether oxygens (including phenoxy) is 1. The highest BCUT2D eigenvalue weighted by Crippen LogP contribution is 2.25. The van der Waals surface area contributed by atoms with Crippen LogP contribution in [0.15, 0.2) is 23.1 Å². The van der Waals surface area contributed by atoms with Crippen molar-refractivity contribution in [2.45, 2.75) is 10.9 Å². The molecule has 1 aromatic carbocycles. The minimum Gasteiger partial charge on any atom is -0.377 e. The third-order valence-electron chi connectivity index (χ3n) is 3.07. The Morgan fingerprint density at radius 2 is 2.37 bits per heavy atom. The van der Waals surface area contributed by atoms with Crippen LogP contribution in [0.2, 0.25) is 5.02 Å². The molecule has 1 fully saturated rings. The van der Waals surface area contributed by atoms with Gasteiger partial charge in [0, 0.05) is 17.3 Å². The standard InChI is InChI=1S/C13H15Cl2NO2S/c1-19-10-2-3-12(15)11(6-10)13(17)16-4-5-18-8-9(16)7-14/h2-3,6,9H,4-5,7-8H2,1H3. The van der Waals surface area contributed by atoms with Crippen molar-refractivity contribution >= 4 is 40.9 Å². The topological polar surface area (TPSA) is 29.5 Å². The van der Waals surface area contributed by atoms with E-state index < -0.39 is 0 Å². The van der Waals surface area contributed by atoms with E-state index in [-0.39, 0.29) is 11.9 Å². The number of morpholine rings is 1. The van der Waals surface area contributed by atoms with E-state index in [1.807, 2.05) is 18.4 Å². The number of carbonyl (C=O) groups is 1. The number of halogens is 2. The highest BCUT2D eigenvalue weighted by atomic mass is 35.5. The summed E-state index contributed by atoms with van der Waals surface area (Å²) >= 11 is 13.6. The van der Waals surface area contributed by atoms with Crippen molar-refractivity contribution in [2.24, 2.45) is 0 Å². The molecular formula is C13H15Cl2NO2S. The number of amides is 1. The molecule has 1 saturated heterocycles. The van der Waals surface area contributed by atoms with Crippen molar-refractivity contribution in [1.82, 2.24) is 4.90 Å². The summed E-state index contributed by atoms with van der Waals surface area (Å²) in [6.45, 7) is 1.57. The number of benzene rings is 1. The Kier molecular flexibility index (Phi) is 5.39. The van der Waals surface area contributed by atoms with E-state index in [2.05, 4.69) is 0 Å². The number of rotatable bonds is 3. The first-order valence-electron chi connectivity index (χ1n) is 5.95. The summed E-state index contributed by atoms with van der Waals surface area (Å²) in [7, 11) is 0.